The number of hydrogen-bond acceptors (Lipinski definition) is 4. The molecule has 0 aliphatic rings. The molecular formula is C24H26N2O4. The van der Waals surface area contributed by atoms with E-state index in [4.69, 9.17) is 9.47 Å². The molecule has 2 N–H and O–H groups in total. The van der Waals surface area contributed by atoms with Crippen molar-refractivity contribution >= 4 is 22.9 Å². The Hall–Kier alpha value is -3.54. The first-order valence-corrected chi connectivity index (χ1v) is 9.73. The minimum Gasteiger partial charge on any atom is -0.493 e. The number of benzene rings is 2. The number of methoxy groups -OCH3 is 2. The van der Waals surface area contributed by atoms with Crippen molar-refractivity contribution < 1.29 is 14.3 Å². The molecule has 0 radical (unpaired) electrons. The summed E-state index contributed by atoms with van der Waals surface area (Å²) in [4.78, 5) is 27.5. The predicted molar refractivity (Wildman–Crippen MR) is 119 cm³/mol. The van der Waals surface area contributed by atoms with Gasteiger partial charge in [0.15, 0.2) is 11.5 Å². The Balaban J connectivity index is 1.63. The fourth-order valence-corrected chi connectivity index (χ4v) is 3.31. The van der Waals surface area contributed by atoms with Crippen LogP contribution in [0, 0.1) is 13.8 Å². The number of carbonyl (C=O) groups excluding carboxylic acids is 1. The molecule has 0 bridgehead atoms. The summed E-state index contributed by atoms with van der Waals surface area (Å²) in [6, 6.07) is 11.4. The third kappa shape index (κ3) is 4.71. The maximum absolute atomic E-state index is 12.4. The highest BCUT2D eigenvalue weighted by molar-refractivity contribution is 5.91. The lowest BCUT2D eigenvalue weighted by Crippen LogP contribution is -2.25. The molecule has 6 heteroatoms. The molecule has 0 aliphatic carbocycles. The highest BCUT2D eigenvalue weighted by atomic mass is 16.5. The lowest BCUT2D eigenvalue weighted by molar-refractivity contribution is -0.116. The number of nitrogens with one attached hydrogen (secondary N) is 2. The molecule has 0 unspecified atom stereocenters. The fourth-order valence-electron chi connectivity index (χ4n) is 3.31. The SMILES string of the molecule is COc1ccc(/C=C/C(=O)NCCc2cc3c(C)ccc(C)c3[nH]c2=O)cc1OC. The second-order valence-electron chi connectivity index (χ2n) is 7.10. The van der Waals surface area contributed by atoms with Crippen LogP contribution in [0.25, 0.3) is 17.0 Å². The summed E-state index contributed by atoms with van der Waals surface area (Å²) in [7, 11) is 3.14. The van der Waals surface area contributed by atoms with Gasteiger partial charge in [-0.25, -0.2) is 0 Å². The summed E-state index contributed by atoms with van der Waals surface area (Å²) < 4.78 is 10.5. The third-order valence-electron chi connectivity index (χ3n) is 5.05. The molecule has 0 aliphatic heterocycles. The molecule has 1 aromatic heterocycles. The highest BCUT2D eigenvalue weighted by Crippen LogP contribution is 2.28. The number of rotatable bonds is 7. The van der Waals surface area contributed by atoms with Crippen molar-refractivity contribution in [3.05, 3.63) is 75.1 Å². The Kier molecular flexibility index (Phi) is 6.57. The number of ether oxygens (including phenoxy) is 2. The van der Waals surface area contributed by atoms with Crippen molar-refractivity contribution in [1.29, 1.82) is 0 Å². The zero-order chi connectivity index (χ0) is 21.7. The summed E-state index contributed by atoms with van der Waals surface area (Å²) in [5.41, 5.74) is 4.36. The van der Waals surface area contributed by atoms with Crippen LogP contribution in [0.4, 0.5) is 0 Å². The molecular weight excluding hydrogens is 380 g/mol. The van der Waals surface area contributed by atoms with Crippen molar-refractivity contribution in [3.63, 3.8) is 0 Å². The predicted octanol–water partition coefficient (Wildman–Crippen LogP) is 3.53. The number of aromatic nitrogens is 1. The van der Waals surface area contributed by atoms with Crippen molar-refractivity contribution in [1.82, 2.24) is 10.3 Å². The van der Waals surface area contributed by atoms with Gasteiger partial charge in [-0.3, -0.25) is 9.59 Å². The molecule has 1 heterocycles. The monoisotopic (exact) mass is 406 g/mol. The van der Waals surface area contributed by atoms with Crippen molar-refractivity contribution in [2.24, 2.45) is 0 Å². The van der Waals surface area contributed by atoms with Gasteiger partial charge >= 0.3 is 0 Å². The van der Waals surface area contributed by atoms with Gasteiger partial charge in [0.2, 0.25) is 5.91 Å². The molecule has 156 valence electrons. The number of pyridine rings is 1. The van der Waals surface area contributed by atoms with Gasteiger partial charge in [-0.05, 0) is 61.2 Å². The lowest BCUT2D eigenvalue weighted by atomic mass is 10.0. The summed E-state index contributed by atoms with van der Waals surface area (Å²) in [6.07, 6.45) is 3.61. The number of fused-ring (bicyclic) bond motifs is 1. The summed E-state index contributed by atoms with van der Waals surface area (Å²) in [5.74, 6) is 1.00. The Morgan fingerprint density at radius 2 is 1.77 bits per heavy atom. The summed E-state index contributed by atoms with van der Waals surface area (Å²) >= 11 is 0. The molecule has 6 nitrogen and oxygen atoms in total. The number of aryl methyl sites for hydroxylation is 2. The lowest BCUT2D eigenvalue weighted by Gasteiger charge is -2.08. The average Bonchev–Trinajstić information content (AvgIpc) is 2.75. The molecule has 2 aromatic carbocycles. The van der Waals surface area contributed by atoms with Gasteiger partial charge < -0.3 is 19.8 Å². The van der Waals surface area contributed by atoms with Crippen LogP contribution in [0.5, 0.6) is 11.5 Å². The van der Waals surface area contributed by atoms with Crippen LogP contribution in [0.2, 0.25) is 0 Å². The van der Waals surface area contributed by atoms with Gasteiger partial charge in [-0.1, -0.05) is 18.2 Å². The van der Waals surface area contributed by atoms with Gasteiger partial charge in [0.25, 0.3) is 5.56 Å². The van der Waals surface area contributed by atoms with E-state index in [1.165, 1.54) is 6.08 Å². The maximum Gasteiger partial charge on any atom is 0.251 e. The average molecular weight is 406 g/mol. The zero-order valence-electron chi connectivity index (χ0n) is 17.7. The molecule has 0 saturated carbocycles. The van der Waals surface area contributed by atoms with E-state index in [9.17, 15) is 9.59 Å². The zero-order valence-corrected chi connectivity index (χ0v) is 17.7. The van der Waals surface area contributed by atoms with Crippen LogP contribution in [0.1, 0.15) is 22.3 Å². The van der Waals surface area contributed by atoms with E-state index < -0.39 is 0 Å². The first kappa shape index (κ1) is 21.2. The van der Waals surface area contributed by atoms with E-state index >= 15 is 0 Å². The smallest absolute Gasteiger partial charge is 0.251 e. The van der Waals surface area contributed by atoms with Crippen LogP contribution in [0.15, 0.2) is 47.3 Å². The molecule has 0 atom stereocenters. The van der Waals surface area contributed by atoms with E-state index in [0.29, 0.717) is 30.0 Å². The molecule has 0 fully saturated rings. The van der Waals surface area contributed by atoms with Crippen LogP contribution in [-0.2, 0) is 11.2 Å². The number of aromatic amines is 1. The Labute approximate surface area is 175 Å². The van der Waals surface area contributed by atoms with Gasteiger partial charge in [0, 0.05) is 23.6 Å². The van der Waals surface area contributed by atoms with E-state index in [0.717, 1.165) is 27.6 Å². The van der Waals surface area contributed by atoms with Gasteiger partial charge in [-0.15, -0.1) is 0 Å². The number of amides is 1. The standard InChI is InChI=1S/C24H26N2O4/c1-15-5-6-16(2)23-19(15)14-18(24(28)26-23)11-12-25-22(27)10-8-17-7-9-20(29-3)21(13-17)30-4/h5-10,13-14H,11-12H2,1-4H3,(H,25,27)(H,26,28)/b10-8+. The minimum absolute atomic E-state index is 0.119. The molecule has 30 heavy (non-hydrogen) atoms. The largest absolute Gasteiger partial charge is 0.493 e. The Bertz CT molecular complexity index is 1160. The highest BCUT2D eigenvalue weighted by Gasteiger charge is 2.08. The molecule has 0 saturated heterocycles. The topological polar surface area (TPSA) is 80.4 Å². The van der Waals surface area contributed by atoms with Crippen molar-refractivity contribution in [3.8, 4) is 11.5 Å². The molecule has 1 amide bonds. The van der Waals surface area contributed by atoms with E-state index in [-0.39, 0.29) is 11.5 Å². The van der Waals surface area contributed by atoms with Crippen LogP contribution >= 0.6 is 0 Å². The van der Waals surface area contributed by atoms with Crippen LogP contribution in [-0.4, -0.2) is 31.7 Å². The third-order valence-corrected chi connectivity index (χ3v) is 5.05. The van der Waals surface area contributed by atoms with Gasteiger partial charge in [0.1, 0.15) is 0 Å². The summed E-state index contributed by atoms with van der Waals surface area (Å²) in [6.45, 7) is 4.36. The molecule has 3 rings (SSSR count). The Morgan fingerprint density at radius 1 is 1.03 bits per heavy atom. The number of H-pyrrole nitrogens is 1. The molecule has 0 spiro atoms. The number of hydrogen-bond donors (Lipinski definition) is 2. The quantitative estimate of drug-likeness (QED) is 0.588. The fraction of sp³-hybridized carbons (Fsp3) is 0.250. The van der Waals surface area contributed by atoms with E-state index in [2.05, 4.69) is 10.3 Å². The maximum atomic E-state index is 12.4. The first-order valence-electron chi connectivity index (χ1n) is 9.73. The Morgan fingerprint density at radius 3 is 2.50 bits per heavy atom. The van der Waals surface area contributed by atoms with Crippen molar-refractivity contribution in [2.75, 3.05) is 20.8 Å². The normalized spacial score (nSPS) is 11.1. The minimum atomic E-state index is -0.228. The second-order valence-corrected chi connectivity index (χ2v) is 7.10. The van der Waals surface area contributed by atoms with Gasteiger partial charge in [0.05, 0.1) is 19.7 Å². The van der Waals surface area contributed by atoms with Crippen molar-refractivity contribution in [2.45, 2.75) is 20.3 Å². The first-order chi connectivity index (χ1) is 14.4. The second kappa shape index (κ2) is 9.31. The van der Waals surface area contributed by atoms with Crippen LogP contribution < -0.4 is 20.3 Å². The number of carbonyl (C=O) groups is 1. The van der Waals surface area contributed by atoms with E-state index in [1.54, 1.807) is 32.4 Å². The van der Waals surface area contributed by atoms with Crippen LogP contribution in [0.3, 0.4) is 0 Å². The van der Waals surface area contributed by atoms with E-state index in [1.807, 2.05) is 38.1 Å². The summed E-state index contributed by atoms with van der Waals surface area (Å²) in [5, 5.41) is 3.85. The van der Waals surface area contributed by atoms with Gasteiger partial charge in [-0.2, -0.15) is 0 Å². The molecule has 3 aromatic rings.